The topological polar surface area (TPSA) is 35.6 Å². The van der Waals surface area contributed by atoms with Gasteiger partial charge < -0.3 is 4.57 Å². The summed E-state index contributed by atoms with van der Waals surface area (Å²) >= 11 is 8.03. The zero-order valence-electron chi connectivity index (χ0n) is 12.0. The molecule has 0 saturated carbocycles. The number of thioether (sulfide) groups is 1. The van der Waals surface area contributed by atoms with E-state index in [9.17, 15) is 0 Å². The molecule has 0 fully saturated rings. The maximum atomic E-state index is 6.05. The first-order valence-electron chi connectivity index (χ1n) is 6.64. The molecule has 2 aromatic rings. The number of hydrogen-bond donors (Lipinski definition) is 0. The van der Waals surface area contributed by atoms with Crippen molar-refractivity contribution >= 4 is 34.5 Å². The van der Waals surface area contributed by atoms with Crippen molar-refractivity contribution in [1.82, 2.24) is 19.3 Å². The van der Waals surface area contributed by atoms with Crippen LogP contribution < -0.4 is 0 Å². The van der Waals surface area contributed by atoms with Gasteiger partial charge in [-0.3, -0.25) is 4.68 Å². The molecule has 6 heteroatoms. The molecule has 0 aliphatic heterocycles. The van der Waals surface area contributed by atoms with Gasteiger partial charge in [0.25, 0.3) is 0 Å². The fourth-order valence-electron chi connectivity index (χ4n) is 2.43. The van der Waals surface area contributed by atoms with Crippen molar-refractivity contribution in [2.24, 2.45) is 7.05 Å². The van der Waals surface area contributed by atoms with Crippen LogP contribution in [0.1, 0.15) is 37.8 Å². The van der Waals surface area contributed by atoms with E-state index >= 15 is 0 Å². The molecule has 2 heterocycles. The molecular formula is C13H21ClN4S. The minimum Gasteiger partial charge on any atom is -0.309 e. The Morgan fingerprint density at radius 3 is 2.79 bits per heavy atom. The van der Waals surface area contributed by atoms with Crippen LogP contribution in [-0.2, 0) is 12.9 Å². The van der Waals surface area contributed by atoms with Crippen LogP contribution in [0.25, 0.3) is 11.2 Å². The van der Waals surface area contributed by atoms with E-state index < -0.39 is 0 Å². The van der Waals surface area contributed by atoms with E-state index in [-0.39, 0.29) is 0 Å². The summed E-state index contributed by atoms with van der Waals surface area (Å²) in [6.07, 6.45) is 1.12. The Labute approximate surface area is 123 Å². The molecule has 0 spiro atoms. The van der Waals surface area contributed by atoms with Gasteiger partial charge in [0, 0.05) is 13.1 Å². The van der Waals surface area contributed by atoms with Crippen molar-refractivity contribution in [3.8, 4) is 0 Å². The van der Waals surface area contributed by atoms with Crippen LogP contribution >= 0.6 is 23.4 Å². The van der Waals surface area contributed by atoms with Crippen LogP contribution in [0.2, 0.25) is 0 Å². The lowest BCUT2D eigenvalue weighted by atomic mass is 10.2. The van der Waals surface area contributed by atoms with Crippen molar-refractivity contribution in [2.45, 2.75) is 39.1 Å². The Morgan fingerprint density at radius 1 is 1.42 bits per heavy atom. The van der Waals surface area contributed by atoms with Gasteiger partial charge in [-0.2, -0.15) is 16.9 Å². The number of alkyl halides is 1. The summed E-state index contributed by atoms with van der Waals surface area (Å²) in [5.74, 6) is 3.72. The minimum atomic E-state index is 0.396. The predicted molar refractivity (Wildman–Crippen MR) is 83.1 cm³/mol. The summed E-state index contributed by atoms with van der Waals surface area (Å²) in [6, 6.07) is 0.396. The third-order valence-electron chi connectivity index (χ3n) is 3.35. The van der Waals surface area contributed by atoms with Crippen molar-refractivity contribution < 1.29 is 0 Å². The van der Waals surface area contributed by atoms with Gasteiger partial charge in [-0.15, -0.1) is 11.6 Å². The molecule has 1 unspecified atom stereocenters. The fraction of sp³-hybridized carbons (Fsp3) is 0.692. The number of aryl methyl sites for hydroxylation is 2. The van der Waals surface area contributed by atoms with E-state index in [0.717, 1.165) is 34.9 Å². The number of imidazole rings is 1. The summed E-state index contributed by atoms with van der Waals surface area (Å²) in [5, 5.41) is 4.45. The number of rotatable bonds is 6. The first-order chi connectivity index (χ1) is 9.10. The van der Waals surface area contributed by atoms with Gasteiger partial charge in [-0.25, -0.2) is 4.98 Å². The second kappa shape index (κ2) is 6.18. The second-order valence-electron chi connectivity index (χ2n) is 4.75. The van der Waals surface area contributed by atoms with Crippen molar-refractivity contribution in [2.75, 3.05) is 11.5 Å². The molecule has 19 heavy (non-hydrogen) atoms. The first kappa shape index (κ1) is 14.7. The summed E-state index contributed by atoms with van der Waals surface area (Å²) in [5.41, 5.74) is 3.04. The van der Waals surface area contributed by atoms with Gasteiger partial charge in [0.1, 0.15) is 11.3 Å². The number of hydrogen-bond acceptors (Lipinski definition) is 3. The largest absolute Gasteiger partial charge is 0.309 e. The van der Waals surface area contributed by atoms with Crippen LogP contribution in [0.3, 0.4) is 0 Å². The van der Waals surface area contributed by atoms with Crippen LogP contribution in [0, 0.1) is 6.92 Å². The molecule has 0 aliphatic rings. The highest BCUT2D eigenvalue weighted by Gasteiger charge is 2.20. The molecule has 0 N–H and O–H groups in total. The predicted octanol–water partition coefficient (Wildman–Crippen LogP) is 3.52. The number of nitrogens with zero attached hydrogens (tertiary/aromatic N) is 4. The lowest BCUT2D eigenvalue weighted by Crippen LogP contribution is -2.12. The normalized spacial score (nSPS) is 13.3. The van der Waals surface area contributed by atoms with Crippen LogP contribution in [-0.4, -0.2) is 30.8 Å². The maximum absolute atomic E-state index is 6.05. The van der Waals surface area contributed by atoms with Crippen LogP contribution in [0.15, 0.2) is 0 Å². The van der Waals surface area contributed by atoms with Crippen molar-refractivity contribution in [3.63, 3.8) is 0 Å². The average molecular weight is 301 g/mol. The Balaban J connectivity index is 2.39. The fourth-order valence-corrected chi connectivity index (χ4v) is 3.41. The molecule has 2 rings (SSSR count). The molecule has 0 amide bonds. The Bertz CT molecular complexity index is 560. The highest BCUT2D eigenvalue weighted by Crippen LogP contribution is 2.26. The molecular weight excluding hydrogens is 280 g/mol. The SMILES string of the molecule is CCSCCC(C)n1c(CCl)nc2c(C)nn(C)c21. The van der Waals surface area contributed by atoms with E-state index in [1.54, 1.807) is 0 Å². The molecule has 1 atom stereocenters. The summed E-state index contributed by atoms with van der Waals surface area (Å²) in [7, 11) is 1.97. The third-order valence-corrected chi connectivity index (χ3v) is 4.52. The van der Waals surface area contributed by atoms with Gasteiger partial charge in [0.05, 0.1) is 11.6 Å². The zero-order valence-corrected chi connectivity index (χ0v) is 13.6. The number of fused-ring (bicyclic) bond motifs is 1. The van der Waals surface area contributed by atoms with Gasteiger partial charge in [0.2, 0.25) is 0 Å². The van der Waals surface area contributed by atoms with Gasteiger partial charge >= 0.3 is 0 Å². The number of halogens is 1. The van der Waals surface area contributed by atoms with E-state index in [4.69, 9.17) is 11.6 Å². The standard InChI is InChI=1S/C13H21ClN4S/c1-5-19-7-6-9(2)18-11(8-14)15-12-10(3)16-17(4)13(12)18/h9H,5-8H2,1-4H3. The monoisotopic (exact) mass is 300 g/mol. The molecule has 0 saturated heterocycles. The molecule has 0 aromatic carbocycles. The lowest BCUT2D eigenvalue weighted by molar-refractivity contribution is 0.521. The Hall–Kier alpha value is -0.680. The quantitative estimate of drug-likeness (QED) is 0.605. The summed E-state index contributed by atoms with van der Waals surface area (Å²) in [6.45, 7) is 6.42. The highest BCUT2D eigenvalue weighted by atomic mass is 35.5. The average Bonchev–Trinajstić information content (AvgIpc) is 2.89. The highest BCUT2D eigenvalue weighted by molar-refractivity contribution is 7.99. The first-order valence-corrected chi connectivity index (χ1v) is 8.33. The lowest BCUT2D eigenvalue weighted by Gasteiger charge is -2.16. The van der Waals surface area contributed by atoms with E-state index in [0.29, 0.717) is 11.9 Å². The molecule has 0 bridgehead atoms. The second-order valence-corrected chi connectivity index (χ2v) is 6.41. The third kappa shape index (κ3) is 2.77. The number of aromatic nitrogens is 4. The molecule has 0 aliphatic carbocycles. The Morgan fingerprint density at radius 2 is 2.16 bits per heavy atom. The summed E-state index contributed by atoms with van der Waals surface area (Å²) < 4.78 is 4.16. The molecule has 106 valence electrons. The van der Waals surface area contributed by atoms with Crippen molar-refractivity contribution in [1.29, 1.82) is 0 Å². The van der Waals surface area contributed by atoms with Gasteiger partial charge in [-0.1, -0.05) is 6.92 Å². The van der Waals surface area contributed by atoms with Crippen LogP contribution in [0.4, 0.5) is 0 Å². The molecule has 4 nitrogen and oxygen atoms in total. The van der Waals surface area contributed by atoms with Crippen LogP contribution in [0.5, 0.6) is 0 Å². The summed E-state index contributed by atoms with van der Waals surface area (Å²) in [4.78, 5) is 4.64. The maximum Gasteiger partial charge on any atom is 0.158 e. The minimum absolute atomic E-state index is 0.396. The molecule has 2 aromatic heterocycles. The van der Waals surface area contributed by atoms with Gasteiger partial charge in [0.15, 0.2) is 5.65 Å². The van der Waals surface area contributed by atoms with E-state index in [2.05, 4.69) is 28.5 Å². The zero-order chi connectivity index (χ0) is 14.0. The van der Waals surface area contributed by atoms with Gasteiger partial charge in [-0.05, 0) is 31.8 Å². The van der Waals surface area contributed by atoms with E-state index in [1.807, 2.05) is 30.4 Å². The molecule has 0 radical (unpaired) electrons. The van der Waals surface area contributed by atoms with E-state index in [1.165, 1.54) is 5.75 Å². The van der Waals surface area contributed by atoms with Crippen molar-refractivity contribution in [3.05, 3.63) is 11.5 Å². The Kier molecular flexibility index (Phi) is 4.79. The smallest absolute Gasteiger partial charge is 0.158 e.